The number of rotatable bonds is 7. The van der Waals surface area contributed by atoms with E-state index < -0.39 is 0 Å². The minimum absolute atomic E-state index is 0.0186. The molecule has 0 saturated heterocycles. The van der Waals surface area contributed by atoms with Crippen LogP contribution in [0.5, 0.6) is 0 Å². The van der Waals surface area contributed by atoms with Crippen LogP contribution in [0, 0.1) is 0 Å². The third kappa shape index (κ3) is 6.40. The first-order chi connectivity index (χ1) is 7.58. The van der Waals surface area contributed by atoms with Crippen LogP contribution < -0.4 is 16.0 Å². The number of amides is 2. The average molecular weight is 227 g/mol. The van der Waals surface area contributed by atoms with Crippen LogP contribution in [-0.2, 0) is 9.59 Å². The molecule has 0 spiro atoms. The van der Waals surface area contributed by atoms with Gasteiger partial charge >= 0.3 is 0 Å². The molecule has 0 radical (unpaired) electrons. The van der Waals surface area contributed by atoms with Crippen LogP contribution in [0.15, 0.2) is 0 Å². The second-order valence-electron chi connectivity index (χ2n) is 4.49. The van der Waals surface area contributed by atoms with E-state index in [0.717, 1.165) is 12.8 Å². The van der Waals surface area contributed by atoms with Crippen molar-refractivity contribution < 1.29 is 9.59 Å². The molecule has 1 saturated carbocycles. The number of carbonyl (C=O) groups excluding carboxylic acids is 2. The van der Waals surface area contributed by atoms with Crippen molar-refractivity contribution in [1.29, 1.82) is 0 Å². The minimum Gasteiger partial charge on any atom is -0.354 e. The summed E-state index contributed by atoms with van der Waals surface area (Å²) in [5, 5.41) is 8.62. The first-order valence-corrected chi connectivity index (χ1v) is 5.87. The van der Waals surface area contributed by atoms with Gasteiger partial charge in [-0.15, -0.1) is 0 Å². The van der Waals surface area contributed by atoms with Crippen LogP contribution in [0.4, 0.5) is 0 Å². The summed E-state index contributed by atoms with van der Waals surface area (Å²) in [7, 11) is 0. The normalized spacial score (nSPS) is 14.9. The Morgan fingerprint density at radius 3 is 2.50 bits per heavy atom. The maximum Gasteiger partial charge on any atom is 0.234 e. The van der Waals surface area contributed by atoms with E-state index >= 15 is 0 Å². The molecule has 92 valence electrons. The average Bonchev–Trinajstić information content (AvgIpc) is 2.95. The van der Waals surface area contributed by atoms with Crippen molar-refractivity contribution in [1.82, 2.24) is 16.0 Å². The van der Waals surface area contributed by atoms with Crippen molar-refractivity contribution in [2.75, 3.05) is 13.1 Å². The Kier molecular flexibility index (Phi) is 5.25. The van der Waals surface area contributed by atoms with Crippen LogP contribution in [0.1, 0.15) is 33.1 Å². The topological polar surface area (TPSA) is 70.2 Å². The van der Waals surface area contributed by atoms with Crippen molar-refractivity contribution in [2.45, 2.75) is 45.2 Å². The van der Waals surface area contributed by atoms with Crippen molar-refractivity contribution >= 4 is 11.8 Å². The molecule has 0 aliphatic heterocycles. The lowest BCUT2D eigenvalue weighted by Crippen LogP contribution is -2.37. The Morgan fingerprint density at radius 2 is 1.94 bits per heavy atom. The predicted octanol–water partition coefficient (Wildman–Crippen LogP) is -0.231. The summed E-state index contributed by atoms with van der Waals surface area (Å²) in [4.78, 5) is 22.5. The molecule has 0 unspecified atom stereocenters. The van der Waals surface area contributed by atoms with Gasteiger partial charge in [0.05, 0.1) is 6.54 Å². The molecule has 1 aliphatic carbocycles. The van der Waals surface area contributed by atoms with Crippen LogP contribution in [0.3, 0.4) is 0 Å². The van der Waals surface area contributed by atoms with Gasteiger partial charge in [-0.2, -0.15) is 0 Å². The van der Waals surface area contributed by atoms with E-state index in [1.807, 2.05) is 13.8 Å². The second-order valence-corrected chi connectivity index (χ2v) is 4.49. The van der Waals surface area contributed by atoms with Gasteiger partial charge in [0.1, 0.15) is 0 Å². The highest BCUT2D eigenvalue weighted by Gasteiger charge is 2.22. The van der Waals surface area contributed by atoms with Gasteiger partial charge in [-0.25, -0.2) is 0 Å². The molecular formula is C11H21N3O2. The fraction of sp³-hybridized carbons (Fsp3) is 0.818. The van der Waals surface area contributed by atoms with Crippen LogP contribution >= 0.6 is 0 Å². The van der Waals surface area contributed by atoms with Gasteiger partial charge in [0.25, 0.3) is 0 Å². The molecule has 0 aromatic rings. The highest BCUT2D eigenvalue weighted by Crippen LogP contribution is 2.17. The lowest BCUT2D eigenvalue weighted by molar-refractivity contribution is -0.122. The minimum atomic E-state index is 0.0186. The first kappa shape index (κ1) is 13.0. The highest BCUT2D eigenvalue weighted by atomic mass is 16.2. The lowest BCUT2D eigenvalue weighted by atomic mass is 10.3. The summed E-state index contributed by atoms with van der Waals surface area (Å²) >= 11 is 0. The molecule has 3 N–H and O–H groups in total. The standard InChI is InChI=1S/C11H21N3O2/c1-8(2)13-10(15)5-6-12-7-11(16)14-9-3-4-9/h8-9,12H,3-7H2,1-2H3,(H,13,15)(H,14,16). The van der Waals surface area contributed by atoms with Gasteiger partial charge < -0.3 is 16.0 Å². The monoisotopic (exact) mass is 227 g/mol. The van der Waals surface area contributed by atoms with Gasteiger partial charge in [0, 0.05) is 25.0 Å². The number of hydrogen-bond acceptors (Lipinski definition) is 3. The number of nitrogens with one attached hydrogen (secondary N) is 3. The van der Waals surface area contributed by atoms with Crippen molar-refractivity contribution in [2.24, 2.45) is 0 Å². The Labute approximate surface area is 96.4 Å². The Hall–Kier alpha value is -1.10. The third-order valence-electron chi connectivity index (χ3n) is 2.21. The molecule has 5 heteroatoms. The maximum absolute atomic E-state index is 11.2. The quantitative estimate of drug-likeness (QED) is 0.526. The Bertz CT molecular complexity index is 232. The van der Waals surface area contributed by atoms with Crippen LogP contribution in [0.2, 0.25) is 0 Å². The molecule has 0 aromatic carbocycles. The highest BCUT2D eigenvalue weighted by molar-refractivity contribution is 5.79. The summed E-state index contributed by atoms with van der Waals surface area (Å²) in [5.74, 6) is 0.0388. The summed E-state index contributed by atoms with van der Waals surface area (Å²) in [6.45, 7) is 4.69. The van der Waals surface area contributed by atoms with Gasteiger partial charge in [-0.3, -0.25) is 9.59 Å². The van der Waals surface area contributed by atoms with E-state index in [9.17, 15) is 9.59 Å². The zero-order chi connectivity index (χ0) is 12.0. The van der Waals surface area contributed by atoms with E-state index in [1.165, 1.54) is 0 Å². The molecule has 0 aromatic heterocycles. The smallest absolute Gasteiger partial charge is 0.234 e. The molecule has 1 rings (SSSR count). The van der Waals surface area contributed by atoms with E-state index in [2.05, 4.69) is 16.0 Å². The lowest BCUT2D eigenvalue weighted by Gasteiger charge is -2.08. The maximum atomic E-state index is 11.2. The third-order valence-corrected chi connectivity index (χ3v) is 2.21. The molecular weight excluding hydrogens is 206 g/mol. The van der Waals surface area contributed by atoms with E-state index in [0.29, 0.717) is 25.6 Å². The second kappa shape index (κ2) is 6.48. The van der Waals surface area contributed by atoms with E-state index in [-0.39, 0.29) is 17.9 Å². The van der Waals surface area contributed by atoms with Gasteiger partial charge in [-0.1, -0.05) is 0 Å². The fourth-order valence-corrected chi connectivity index (χ4v) is 1.30. The summed E-state index contributed by atoms with van der Waals surface area (Å²) in [6, 6.07) is 0.573. The van der Waals surface area contributed by atoms with Crippen LogP contribution in [0.25, 0.3) is 0 Å². The molecule has 0 heterocycles. The summed E-state index contributed by atoms with van der Waals surface area (Å²) < 4.78 is 0. The fourth-order valence-electron chi connectivity index (χ4n) is 1.30. The van der Waals surface area contributed by atoms with Crippen LogP contribution in [-0.4, -0.2) is 37.0 Å². The molecule has 1 fully saturated rings. The first-order valence-electron chi connectivity index (χ1n) is 5.87. The number of carbonyl (C=O) groups is 2. The largest absolute Gasteiger partial charge is 0.354 e. The van der Waals surface area contributed by atoms with Gasteiger partial charge in [0.2, 0.25) is 11.8 Å². The summed E-state index contributed by atoms with van der Waals surface area (Å²) in [6.07, 6.45) is 2.61. The van der Waals surface area contributed by atoms with Crippen molar-refractivity contribution in [3.8, 4) is 0 Å². The molecule has 2 amide bonds. The van der Waals surface area contributed by atoms with Gasteiger partial charge in [-0.05, 0) is 26.7 Å². The molecule has 5 nitrogen and oxygen atoms in total. The molecule has 0 atom stereocenters. The number of hydrogen-bond donors (Lipinski definition) is 3. The van der Waals surface area contributed by atoms with E-state index in [1.54, 1.807) is 0 Å². The molecule has 16 heavy (non-hydrogen) atoms. The van der Waals surface area contributed by atoms with Gasteiger partial charge in [0.15, 0.2) is 0 Å². The molecule has 0 bridgehead atoms. The summed E-state index contributed by atoms with van der Waals surface area (Å²) in [5.41, 5.74) is 0. The molecule has 1 aliphatic rings. The van der Waals surface area contributed by atoms with Crippen molar-refractivity contribution in [3.05, 3.63) is 0 Å². The zero-order valence-corrected chi connectivity index (χ0v) is 10.0. The SMILES string of the molecule is CC(C)NC(=O)CCNCC(=O)NC1CC1. The Morgan fingerprint density at radius 1 is 1.25 bits per heavy atom. The predicted molar refractivity (Wildman–Crippen MR) is 61.9 cm³/mol. The Balaban J connectivity index is 1.93. The van der Waals surface area contributed by atoms with E-state index in [4.69, 9.17) is 0 Å². The van der Waals surface area contributed by atoms with Crippen molar-refractivity contribution in [3.63, 3.8) is 0 Å². The zero-order valence-electron chi connectivity index (χ0n) is 10.0.